The van der Waals surface area contributed by atoms with E-state index >= 15 is 0 Å². The maximum Gasteiger partial charge on any atom is 0.336 e. The Hall–Kier alpha value is -4.62. The summed E-state index contributed by atoms with van der Waals surface area (Å²) in [6.07, 6.45) is 6.75. The molecule has 13 nitrogen and oxygen atoms in total. The molecule has 5 rings (SSSR count). The van der Waals surface area contributed by atoms with E-state index in [0.29, 0.717) is 17.9 Å². The molecule has 3 aromatic rings. The molecule has 1 fully saturated rings. The molecule has 1 aromatic heterocycles. The fraction of sp³-hybridized carbons (Fsp3) is 0.526. The molecule has 0 radical (unpaired) electrons. The molecule has 0 unspecified atom stereocenters. The quantitative estimate of drug-likeness (QED) is 0.164. The van der Waals surface area contributed by atoms with Crippen LogP contribution >= 0.6 is 0 Å². The minimum atomic E-state index is -2.74. The Morgan fingerprint density at radius 3 is 2.10 bits per heavy atom. The number of fused-ring (bicyclic) bond motifs is 4. The van der Waals surface area contributed by atoms with Gasteiger partial charge in [-0.25, -0.2) is 4.79 Å². The Bertz CT molecular complexity index is 1710. The van der Waals surface area contributed by atoms with Gasteiger partial charge < -0.3 is 44.7 Å². The summed E-state index contributed by atoms with van der Waals surface area (Å²) in [5.41, 5.74) is 1.97. The van der Waals surface area contributed by atoms with Crippen molar-refractivity contribution in [3.8, 4) is 11.5 Å². The SMILES string of the molecule is CCCCC1(N(C)C)CCC2(CC1)c1[nH]c3ccccc3c1CCN2C(=O)Cc1ccc(OC)c(OC)c1.O=C(O)CC(O)(CC(=O)O)C(=O)O. The zero-order valence-corrected chi connectivity index (χ0v) is 30.2. The van der Waals surface area contributed by atoms with Gasteiger partial charge in [-0.1, -0.05) is 44.0 Å². The lowest BCUT2D eigenvalue weighted by atomic mass is 9.66. The van der Waals surface area contributed by atoms with E-state index in [4.69, 9.17) is 29.9 Å². The van der Waals surface area contributed by atoms with Crippen LogP contribution < -0.4 is 9.47 Å². The number of hydrogen-bond donors (Lipinski definition) is 5. The van der Waals surface area contributed by atoms with Crippen LogP contribution in [0.2, 0.25) is 0 Å². The number of aliphatic hydroxyl groups is 1. The van der Waals surface area contributed by atoms with Gasteiger partial charge in [0.1, 0.15) is 0 Å². The molecule has 1 amide bonds. The Labute approximate surface area is 298 Å². The van der Waals surface area contributed by atoms with Gasteiger partial charge in [-0.05, 0) is 81.9 Å². The summed E-state index contributed by atoms with van der Waals surface area (Å²) in [6, 6.07) is 14.4. The number of H-pyrrole nitrogens is 1. The lowest BCUT2D eigenvalue weighted by molar-refractivity contribution is -0.170. The Kier molecular flexibility index (Phi) is 12.4. The molecule has 2 heterocycles. The number of amides is 1. The second-order valence-electron chi connectivity index (χ2n) is 13.9. The molecule has 2 aliphatic rings. The highest BCUT2D eigenvalue weighted by atomic mass is 16.5. The molecule has 1 saturated carbocycles. The van der Waals surface area contributed by atoms with Crippen LogP contribution in [0.15, 0.2) is 42.5 Å². The molecule has 278 valence electrons. The van der Waals surface area contributed by atoms with E-state index in [2.05, 4.69) is 60.1 Å². The van der Waals surface area contributed by atoms with Crippen LogP contribution in [0.25, 0.3) is 10.9 Å². The first-order valence-electron chi connectivity index (χ1n) is 17.3. The van der Waals surface area contributed by atoms with Gasteiger partial charge in [0.15, 0.2) is 17.1 Å². The van der Waals surface area contributed by atoms with Crippen molar-refractivity contribution in [1.29, 1.82) is 0 Å². The van der Waals surface area contributed by atoms with E-state index in [-0.39, 0.29) is 17.0 Å². The molecule has 13 heteroatoms. The number of hydrogen-bond acceptors (Lipinski definition) is 8. The fourth-order valence-corrected chi connectivity index (χ4v) is 7.84. The largest absolute Gasteiger partial charge is 0.493 e. The topological polar surface area (TPSA) is 190 Å². The van der Waals surface area contributed by atoms with E-state index in [1.807, 2.05) is 18.2 Å². The molecular weight excluding hydrogens is 658 g/mol. The summed E-state index contributed by atoms with van der Waals surface area (Å²) in [5.74, 6) is -3.49. The van der Waals surface area contributed by atoms with Crippen molar-refractivity contribution in [3.63, 3.8) is 0 Å². The number of para-hydroxylation sites is 1. The van der Waals surface area contributed by atoms with Crippen LogP contribution in [0, 0.1) is 0 Å². The number of rotatable bonds is 13. The Balaban J connectivity index is 0.000000383. The van der Waals surface area contributed by atoms with Gasteiger partial charge in [0.05, 0.1) is 39.0 Å². The molecule has 5 N–H and O–H groups in total. The summed E-state index contributed by atoms with van der Waals surface area (Å²) >= 11 is 0. The molecule has 1 aliphatic heterocycles. The Morgan fingerprint density at radius 2 is 1.55 bits per heavy atom. The number of carboxylic acids is 3. The number of aromatic nitrogens is 1. The average Bonchev–Trinajstić information content (AvgIpc) is 3.47. The van der Waals surface area contributed by atoms with Crippen molar-refractivity contribution in [3.05, 3.63) is 59.3 Å². The van der Waals surface area contributed by atoms with Gasteiger partial charge >= 0.3 is 17.9 Å². The second kappa shape index (κ2) is 16.2. The highest BCUT2D eigenvalue weighted by Crippen LogP contribution is 2.52. The Morgan fingerprint density at radius 1 is 0.922 bits per heavy atom. The molecule has 51 heavy (non-hydrogen) atoms. The van der Waals surface area contributed by atoms with E-state index in [9.17, 15) is 19.2 Å². The molecule has 1 spiro atoms. The van der Waals surface area contributed by atoms with Crippen molar-refractivity contribution in [2.45, 2.75) is 94.2 Å². The summed E-state index contributed by atoms with van der Waals surface area (Å²) in [4.78, 5) is 53.1. The van der Waals surface area contributed by atoms with Gasteiger partial charge in [-0.3, -0.25) is 14.4 Å². The van der Waals surface area contributed by atoms with Gasteiger partial charge in [0, 0.05) is 28.7 Å². The van der Waals surface area contributed by atoms with Crippen LogP contribution in [-0.4, -0.2) is 105 Å². The number of nitrogens with one attached hydrogen (secondary N) is 1. The summed E-state index contributed by atoms with van der Waals surface area (Å²) in [7, 11) is 7.75. The maximum absolute atomic E-state index is 14.1. The molecule has 0 atom stereocenters. The number of ether oxygens (including phenoxy) is 2. The normalized spacial score (nSPS) is 20.0. The number of benzene rings is 2. The minimum absolute atomic E-state index is 0.187. The number of aliphatic carboxylic acids is 3. The van der Waals surface area contributed by atoms with Crippen LogP contribution in [-0.2, 0) is 37.6 Å². The van der Waals surface area contributed by atoms with Crippen LogP contribution in [0.4, 0.5) is 0 Å². The zero-order chi connectivity index (χ0) is 37.6. The van der Waals surface area contributed by atoms with E-state index in [1.165, 1.54) is 41.4 Å². The molecular formula is C38H51N3O10. The molecule has 0 bridgehead atoms. The van der Waals surface area contributed by atoms with Gasteiger partial charge in [0.2, 0.25) is 5.91 Å². The first-order valence-corrected chi connectivity index (χ1v) is 17.3. The van der Waals surface area contributed by atoms with E-state index in [0.717, 1.165) is 44.2 Å². The van der Waals surface area contributed by atoms with Crippen LogP contribution in [0.5, 0.6) is 11.5 Å². The molecule has 1 aliphatic carbocycles. The fourth-order valence-electron chi connectivity index (χ4n) is 7.84. The number of nitrogens with zero attached hydrogens (tertiary/aromatic N) is 2. The predicted octanol–water partition coefficient (Wildman–Crippen LogP) is 4.82. The van der Waals surface area contributed by atoms with E-state index < -0.39 is 36.4 Å². The van der Waals surface area contributed by atoms with Gasteiger partial charge in [0.25, 0.3) is 0 Å². The van der Waals surface area contributed by atoms with Gasteiger partial charge in [-0.2, -0.15) is 0 Å². The summed E-state index contributed by atoms with van der Waals surface area (Å²) < 4.78 is 10.9. The van der Waals surface area contributed by atoms with E-state index in [1.54, 1.807) is 14.2 Å². The lowest BCUT2D eigenvalue weighted by Crippen LogP contribution is -2.59. The van der Waals surface area contributed by atoms with Crippen molar-refractivity contribution in [1.82, 2.24) is 14.8 Å². The third-order valence-electron chi connectivity index (χ3n) is 10.7. The molecule has 2 aromatic carbocycles. The number of methoxy groups -OCH3 is 2. The third-order valence-corrected chi connectivity index (χ3v) is 10.7. The maximum atomic E-state index is 14.1. The third kappa shape index (κ3) is 8.31. The number of unbranched alkanes of at least 4 members (excludes halogenated alkanes) is 1. The smallest absolute Gasteiger partial charge is 0.336 e. The first kappa shape index (κ1) is 39.2. The second-order valence-corrected chi connectivity index (χ2v) is 13.9. The average molecular weight is 710 g/mol. The number of carbonyl (C=O) groups excluding carboxylic acids is 1. The highest BCUT2D eigenvalue weighted by molar-refractivity contribution is 5.88. The zero-order valence-electron chi connectivity index (χ0n) is 30.2. The number of carbonyl (C=O) groups is 4. The van der Waals surface area contributed by atoms with Crippen molar-refractivity contribution >= 4 is 34.7 Å². The highest BCUT2D eigenvalue weighted by Gasteiger charge is 2.52. The van der Waals surface area contributed by atoms with Crippen LogP contribution in [0.3, 0.4) is 0 Å². The standard InChI is InChI=1S/C32H43N3O3.C6H8O7/c1-6-7-15-31(34(2)3)16-18-32(19-17-31)30-25(24-10-8-9-11-26(24)33-30)14-20-35(32)29(36)22-23-12-13-27(37-4)28(21-23)38-5;7-3(8)1-6(13,5(11)12)2-4(9)10/h8-13,21,33H,6-7,14-20,22H2,1-5H3;13H,1-2H2,(H,7,8)(H,9,10)(H,11,12). The monoisotopic (exact) mass is 709 g/mol. The van der Waals surface area contributed by atoms with Gasteiger partial charge in [-0.15, -0.1) is 0 Å². The first-order chi connectivity index (χ1) is 24.1. The lowest BCUT2D eigenvalue weighted by Gasteiger charge is -2.55. The molecule has 0 saturated heterocycles. The van der Waals surface area contributed by atoms with Crippen LogP contribution in [0.1, 0.15) is 81.5 Å². The summed E-state index contributed by atoms with van der Waals surface area (Å²) in [6.45, 7) is 3.03. The minimum Gasteiger partial charge on any atom is -0.493 e. The van der Waals surface area contributed by atoms with Crippen molar-refractivity contribution < 1.29 is 49.1 Å². The number of carboxylic acid groups (broad SMARTS) is 3. The predicted molar refractivity (Wildman–Crippen MR) is 190 cm³/mol. The van der Waals surface area contributed by atoms with Crippen molar-refractivity contribution in [2.75, 3.05) is 34.9 Å². The number of aromatic amines is 1. The van der Waals surface area contributed by atoms with Crippen molar-refractivity contribution in [2.24, 2.45) is 0 Å². The summed E-state index contributed by atoms with van der Waals surface area (Å²) in [5, 5.41) is 35.1.